The Kier molecular flexibility index (Phi) is 8.00. The van der Waals surface area contributed by atoms with Crippen LogP contribution in [0.5, 0.6) is 0 Å². The summed E-state index contributed by atoms with van der Waals surface area (Å²) < 4.78 is 25.2. The third kappa shape index (κ3) is 9.33. The molecule has 0 amide bonds. The number of quaternary nitrogens is 1. The minimum atomic E-state index is -3.14. The predicted octanol–water partition coefficient (Wildman–Crippen LogP) is -1.50. The van der Waals surface area contributed by atoms with Crippen LogP contribution in [-0.2, 0) is 9.84 Å². The average Bonchev–Trinajstić information content (AvgIpc) is 1.97. The van der Waals surface area contributed by atoms with Crippen LogP contribution in [-0.4, -0.2) is 61.6 Å². The Bertz CT molecular complexity index is 324. The van der Waals surface area contributed by atoms with Gasteiger partial charge in [0.15, 0.2) is 9.84 Å². The van der Waals surface area contributed by atoms with E-state index in [1.807, 2.05) is 21.1 Å². The van der Waals surface area contributed by atoms with E-state index in [2.05, 4.69) is 0 Å². The van der Waals surface area contributed by atoms with E-state index in [0.29, 0.717) is 11.0 Å². The van der Waals surface area contributed by atoms with Crippen LogP contribution in [0.3, 0.4) is 0 Å². The molecule has 4 nitrogen and oxygen atoms in total. The molecule has 0 aliphatic carbocycles. The van der Waals surface area contributed by atoms with E-state index in [1.54, 1.807) is 13.8 Å². The number of rotatable bonds is 6. The van der Waals surface area contributed by atoms with Gasteiger partial charge in [0.25, 0.3) is 0 Å². The molecular weight excluding hydrogens is 307 g/mol. The fourth-order valence-corrected chi connectivity index (χ4v) is 3.51. The van der Waals surface area contributed by atoms with Gasteiger partial charge in [-0.05, 0) is 37.4 Å². The highest BCUT2D eigenvalue weighted by molar-refractivity contribution is 7.91. The maximum Gasteiger partial charge on any atom is 0.157 e. The lowest BCUT2D eigenvalue weighted by Gasteiger charge is -2.28. The van der Waals surface area contributed by atoms with Crippen molar-refractivity contribution in [3.05, 3.63) is 0 Å². The fraction of sp³-hybridized carbons (Fsp3) is 1.00. The third-order valence-corrected chi connectivity index (χ3v) is 4.97. The van der Waals surface area contributed by atoms with Crippen molar-refractivity contribution in [1.29, 1.82) is 0 Å². The number of hydrogen-bond acceptors (Lipinski definition) is 3. The van der Waals surface area contributed by atoms with Gasteiger partial charge in [-0.2, -0.15) is 0 Å². The summed E-state index contributed by atoms with van der Waals surface area (Å²) >= 11 is 11.2. The van der Waals surface area contributed by atoms with Crippen LogP contribution in [0.2, 0.25) is 0 Å². The summed E-state index contributed by atoms with van der Waals surface area (Å²) in [7, 11) is 2.72. The summed E-state index contributed by atoms with van der Waals surface area (Å²) in [5.41, 5.74) is -0.771. The Hall–Kier alpha value is 0.740. The zero-order valence-corrected chi connectivity index (χ0v) is 14.0. The molecule has 0 heterocycles. The molecule has 17 heavy (non-hydrogen) atoms. The van der Waals surface area contributed by atoms with E-state index in [0.717, 1.165) is 3.94 Å². The van der Waals surface area contributed by atoms with E-state index in [1.165, 1.54) is 0 Å². The van der Waals surface area contributed by atoms with E-state index < -0.39 is 15.4 Å². The molecule has 0 aromatic rings. The molecule has 0 unspecified atom stereocenters. The summed E-state index contributed by atoms with van der Waals surface area (Å²) in [6.45, 7) is 3.95. The van der Waals surface area contributed by atoms with Crippen molar-refractivity contribution in [3.8, 4) is 0 Å². The van der Waals surface area contributed by atoms with E-state index >= 15 is 0 Å². The van der Waals surface area contributed by atoms with Gasteiger partial charge in [0.05, 0.1) is 44.7 Å². The zero-order valence-electron chi connectivity index (χ0n) is 10.9. The fourth-order valence-electron chi connectivity index (χ4n) is 1.07. The van der Waals surface area contributed by atoms with Crippen LogP contribution in [0.1, 0.15) is 13.8 Å². The second-order valence-electron chi connectivity index (χ2n) is 5.65. The number of nitrogens with zero attached hydrogens (tertiary/aromatic N) is 2. The lowest BCUT2D eigenvalue weighted by molar-refractivity contribution is -0.867. The highest BCUT2D eigenvalue weighted by Crippen LogP contribution is 2.22. The lowest BCUT2D eigenvalue weighted by Crippen LogP contribution is -3.00. The van der Waals surface area contributed by atoms with Crippen molar-refractivity contribution in [1.82, 2.24) is 3.94 Å². The largest absolute Gasteiger partial charge is 1.00 e. The van der Waals surface area contributed by atoms with Crippen molar-refractivity contribution in [2.45, 2.75) is 19.4 Å². The smallest absolute Gasteiger partial charge is 0.157 e. The van der Waals surface area contributed by atoms with Crippen LogP contribution >= 0.6 is 23.6 Å². The first kappa shape index (κ1) is 20.1. The summed E-state index contributed by atoms with van der Waals surface area (Å²) in [5, 5.41) is 0. The maximum atomic E-state index is 11.8. The molecule has 0 aliphatic heterocycles. The molecule has 0 aromatic carbocycles. The first-order valence-corrected chi connectivity index (χ1v) is 7.48. The normalized spacial score (nSPS) is 13.6. The van der Waals surface area contributed by atoms with Gasteiger partial charge < -0.3 is 16.9 Å². The number of hydrogen-bond donors (Lipinski definition) is 0. The summed E-state index contributed by atoms with van der Waals surface area (Å²) in [6.07, 6.45) is 0. The van der Waals surface area contributed by atoms with E-state index in [9.17, 15) is 8.42 Å². The third-order valence-electron chi connectivity index (χ3n) is 2.10. The van der Waals surface area contributed by atoms with Gasteiger partial charge in [-0.15, -0.1) is 3.94 Å². The van der Waals surface area contributed by atoms with Gasteiger partial charge in [0.1, 0.15) is 0 Å². The molecule has 0 fully saturated rings. The Morgan fingerprint density at radius 2 is 1.59 bits per heavy atom. The average molecular weight is 328 g/mol. The van der Waals surface area contributed by atoms with Crippen molar-refractivity contribution >= 4 is 33.4 Å². The molecular formula is C9H21Cl3N2O2S. The summed E-state index contributed by atoms with van der Waals surface area (Å²) in [6, 6.07) is 0. The molecule has 106 valence electrons. The zero-order chi connectivity index (χ0) is 13.2. The van der Waals surface area contributed by atoms with Gasteiger partial charge in [-0.25, -0.2) is 8.42 Å². The highest BCUT2D eigenvalue weighted by atomic mass is 35.5. The Labute approximate surface area is 121 Å². The molecule has 0 aliphatic rings. The first-order valence-electron chi connectivity index (χ1n) is 4.98. The molecule has 0 saturated carbocycles. The lowest BCUT2D eigenvalue weighted by atomic mass is 10.1. The standard InChI is InChI=1S/C9H21Cl2N2O2S.ClH/c1-9(2,12(10)11)8-16(14,15)7-6-13(3,4)5;/h6-8H2,1-5H3;1H/q+1;/p-1. The number of halogens is 3. The summed E-state index contributed by atoms with van der Waals surface area (Å²) in [5.74, 6) is 0.0918. The number of sulfone groups is 1. The minimum absolute atomic E-state index is 0. The van der Waals surface area contributed by atoms with Crippen LogP contribution in [0.15, 0.2) is 0 Å². The van der Waals surface area contributed by atoms with E-state index in [-0.39, 0.29) is 23.9 Å². The molecule has 0 bridgehead atoms. The molecule has 0 aromatic heterocycles. The maximum absolute atomic E-state index is 11.8. The SMILES string of the molecule is CC(C)(CS(=O)(=O)CC[N+](C)(C)C)N(Cl)Cl.[Cl-]. The van der Waals surface area contributed by atoms with Crippen LogP contribution < -0.4 is 12.4 Å². The molecule has 0 radical (unpaired) electrons. The first-order chi connectivity index (χ1) is 6.86. The molecule has 0 N–H and O–H groups in total. The molecule has 0 atom stereocenters. The van der Waals surface area contributed by atoms with Crippen LogP contribution in [0.25, 0.3) is 0 Å². The Morgan fingerprint density at radius 3 is 1.88 bits per heavy atom. The second-order valence-corrected chi connectivity index (χ2v) is 8.68. The Morgan fingerprint density at radius 1 is 1.18 bits per heavy atom. The molecule has 0 rings (SSSR count). The predicted molar refractivity (Wildman–Crippen MR) is 69.2 cm³/mol. The monoisotopic (exact) mass is 326 g/mol. The van der Waals surface area contributed by atoms with Crippen LogP contribution in [0.4, 0.5) is 0 Å². The van der Waals surface area contributed by atoms with Gasteiger partial charge >= 0.3 is 0 Å². The molecule has 8 heteroatoms. The minimum Gasteiger partial charge on any atom is -1.00 e. The van der Waals surface area contributed by atoms with Crippen molar-refractivity contribution < 1.29 is 25.3 Å². The Balaban J connectivity index is 0. The quantitative estimate of drug-likeness (QED) is 0.440. The second kappa shape index (κ2) is 6.78. The van der Waals surface area contributed by atoms with Crippen molar-refractivity contribution in [2.24, 2.45) is 0 Å². The highest BCUT2D eigenvalue weighted by Gasteiger charge is 2.31. The van der Waals surface area contributed by atoms with Gasteiger partial charge in [-0.3, -0.25) is 0 Å². The summed E-state index contributed by atoms with van der Waals surface area (Å²) in [4.78, 5) is 0. The molecule has 0 saturated heterocycles. The van der Waals surface area contributed by atoms with Gasteiger partial charge in [0.2, 0.25) is 0 Å². The topological polar surface area (TPSA) is 37.4 Å². The van der Waals surface area contributed by atoms with Gasteiger partial charge in [0, 0.05) is 0 Å². The van der Waals surface area contributed by atoms with E-state index in [4.69, 9.17) is 23.6 Å². The van der Waals surface area contributed by atoms with Crippen molar-refractivity contribution in [2.75, 3.05) is 39.2 Å². The van der Waals surface area contributed by atoms with Crippen LogP contribution in [0, 0.1) is 0 Å². The molecule has 0 spiro atoms. The van der Waals surface area contributed by atoms with Gasteiger partial charge in [-0.1, -0.05) is 0 Å². The van der Waals surface area contributed by atoms with Crippen molar-refractivity contribution in [3.63, 3.8) is 0 Å².